The number of hydrogen-bond acceptors (Lipinski definition) is 3. The highest BCUT2D eigenvalue weighted by atomic mass is 16.2. The summed E-state index contributed by atoms with van der Waals surface area (Å²) in [5.41, 5.74) is 7.87. The number of nitrogens with two attached hydrogens (primary N) is 1. The molecule has 0 spiro atoms. The van der Waals surface area contributed by atoms with Crippen LogP contribution in [0.15, 0.2) is 24.3 Å². The maximum absolute atomic E-state index is 12.2. The van der Waals surface area contributed by atoms with Crippen molar-refractivity contribution in [3.05, 3.63) is 35.4 Å². The first kappa shape index (κ1) is 14.0. The van der Waals surface area contributed by atoms with Crippen LogP contribution in [0.3, 0.4) is 0 Å². The summed E-state index contributed by atoms with van der Waals surface area (Å²) in [5, 5.41) is 0. The standard InChI is InChI=1S/C15H23N3O/c1-13-2-4-14(5-3-13)12-15(19)18-10-8-17(7-6-16)9-11-18/h2-5H,6-12,16H2,1H3. The van der Waals surface area contributed by atoms with E-state index in [9.17, 15) is 4.79 Å². The van der Waals surface area contributed by atoms with Crippen LogP contribution in [-0.2, 0) is 11.2 Å². The molecular weight excluding hydrogens is 238 g/mol. The largest absolute Gasteiger partial charge is 0.340 e. The van der Waals surface area contributed by atoms with Gasteiger partial charge >= 0.3 is 0 Å². The van der Waals surface area contributed by atoms with Crippen molar-refractivity contribution in [3.8, 4) is 0 Å². The van der Waals surface area contributed by atoms with Crippen LogP contribution in [0, 0.1) is 6.92 Å². The Morgan fingerprint density at radius 3 is 2.37 bits per heavy atom. The molecule has 0 saturated carbocycles. The SMILES string of the molecule is Cc1ccc(CC(=O)N2CCN(CCN)CC2)cc1. The van der Waals surface area contributed by atoms with Gasteiger partial charge in [0.2, 0.25) is 5.91 Å². The molecule has 2 N–H and O–H groups in total. The Labute approximate surface area is 115 Å². The first-order valence-corrected chi connectivity index (χ1v) is 6.95. The summed E-state index contributed by atoms with van der Waals surface area (Å²) in [7, 11) is 0. The molecule has 1 amide bonds. The molecule has 1 heterocycles. The van der Waals surface area contributed by atoms with Crippen molar-refractivity contribution in [1.82, 2.24) is 9.80 Å². The minimum Gasteiger partial charge on any atom is -0.340 e. The minimum absolute atomic E-state index is 0.233. The highest BCUT2D eigenvalue weighted by molar-refractivity contribution is 5.78. The second-order valence-corrected chi connectivity index (χ2v) is 5.17. The van der Waals surface area contributed by atoms with Gasteiger partial charge < -0.3 is 10.6 Å². The molecule has 4 nitrogen and oxygen atoms in total. The lowest BCUT2D eigenvalue weighted by Gasteiger charge is -2.34. The van der Waals surface area contributed by atoms with Crippen LogP contribution in [0.5, 0.6) is 0 Å². The van der Waals surface area contributed by atoms with Gasteiger partial charge in [-0.05, 0) is 12.5 Å². The Balaban J connectivity index is 1.83. The van der Waals surface area contributed by atoms with Crippen molar-refractivity contribution in [2.24, 2.45) is 5.73 Å². The lowest BCUT2D eigenvalue weighted by molar-refractivity contribution is -0.132. The van der Waals surface area contributed by atoms with Crippen LogP contribution in [0.25, 0.3) is 0 Å². The quantitative estimate of drug-likeness (QED) is 0.865. The molecule has 4 heteroatoms. The molecule has 0 aromatic heterocycles. The molecule has 104 valence electrons. The van der Waals surface area contributed by atoms with E-state index in [-0.39, 0.29) is 5.91 Å². The zero-order valence-corrected chi connectivity index (χ0v) is 11.6. The molecular formula is C15H23N3O. The molecule has 1 aliphatic heterocycles. The molecule has 1 aromatic carbocycles. The Kier molecular flexibility index (Phi) is 4.93. The van der Waals surface area contributed by atoms with E-state index in [0.717, 1.165) is 38.3 Å². The number of carbonyl (C=O) groups excluding carboxylic acids is 1. The molecule has 0 bridgehead atoms. The number of nitrogens with zero attached hydrogens (tertiary/aromatic N) is 2. The van der Waals surface area contributed by atoms with E-state index in [0.29, 0.717) is 13.0 Å². The van der Waals surface area contributed by atoms with Gasteiger partial charge in [0.1, 0.15) is 0 Å². The summed E-state index contributed by atoms with van der Waals surface area (Å²) in [6.07, 6.45) is 0.511. The number of carbonyl (C=O) groups is 1. The van der Waals surface area contributed by atoms with E-state index >= 15 is 0 Å². The fourth-order valence-corrected chi connectivity index (χ4v) is 2.40. The van der Waals surface area contributed by atoms with Crippen LogP contribution in [-0.4, -0.2) is 55.0 Å². The molecule has 0 unspecified atom stereocenters. The van der Waals surface area contributed by atoms with Crippen LogP contribution in [0.2, 0.25) is 0 Å². The Morgan fingerprint density at radius 2 is 1.79 bits per heavy atom. The van der Waals surface area contributed by atoms with E-state index in [1.165, 1.54) is 5.56 Å². The maximum Gasteiger partial charge on any atom is 0.227 e. The van der Waals surface area contributed by atoms with Gasteiger partial charge in [-0.1, -0.05) is 29.8 Å². The molecule has 0 aliphatic carbocycles. The smallest absolute Gasteiger partial charge is 0.227 e. The fraction of sp³-hybridized carbons (Fsp3) is 0.533. The molecule has 0 atom stereocenters. The molecule has 1 aromatic rings. The summed E-state index contributed by atoms with van der Waals surface area (Å²) in [4.78, 5) is 16.5. The Bertz CT molecular complexity index is 408. The zero-order chi connectivity index (χ0) is 13.7. The third-order valence-corrected chi connectivity index (χ3v) is 3.65. The van der Waals surface area contributed by atoms with Gasteiger partial charge in [0.15, 0.2) is 0 Å². The van der Waals surface area contributed by atoms with Crippen LogP contribution >= 0.6 is 0 Å². The van der Waals surface area contributed by atoms with Gasteiger partial charge in [-0.3, -0.25) is 9.69 Å². The van der Waals surface area contributed by atoms with Crippen molar-refractivity contribution in [3.63, 3.8) is 0 Å². The molecule has 0 radical (unpaired) electrons. The van der Waals surface area contributed by atoms with Crippen molar-refractivity contribution in [2.75, 3.05) is 39.3 Å². The summed E-state index contributed by atoms with van der Waals surface area (Å²) >= 11 is 0. The second kappa shape index (κ2) is 6.68. The van der Waals surface area contributed by atoms with Crippen LogP contribution < -0.4 is 5.73 Å². The predicted molar refractivity (Wildman–Crippen MR) is 77.0 cm³/mol. The fourth-order valence-electron chi connectivity index (χ4n) is 2.40. The van der Waals surface area contributed by atoms with E-state index < -0.39 is 0 Å². The van der Waals surface area contributed by atoms with Crippen LogP contribution in [0.1, 0.15) is 11.1 Å². The van der Waals surface area contributed by atoms with E-state index in [2.05, 4.69) is 24.0 Å². The highest BCUT2D eigenvalue weighted by Gasteiger charge is 2.20. The Morgan fingerprint density at radius 1 is 1.16 bits per heavy atom. The molecule has 1 aliphatic rings. The van der Waals surface area contributed by atoms with Gasteiger partial charge in [0.25, 0.3) is 0 Å². The molecule has 1 saturated heterocycles. The molecule has 1 fully saturated rings. The molecule has 2 rings (SSSR count). The first-order valence-electron chi connectivity index (χ1n) is 6.95. The van der Waals surface area contributed by atoms with Gasteiger partial charge in [-0.25, -0.2) is 0 Å². The number of amides is 1. The van der Waals surface area contributed by atoms with Gasteiger partial charge in [-0.15, -0.1) is 0 Å². The first-order chi connectivity index (χ1) is 9.19. The minimum atomic E-state index is 0.233. The monoisotopic (exact) mass is 261 g/mol. The average Bonchev–Trinajstić information content (AvgIpc) is 2.42. The normalized spacial score (nSPS) is 16.6. The number of hydrogen-bond donors (Lipinski definition) is 1. The van der Waals surface area contributed by atoms with Gasteiger partial charge in [-0.2, -0.15) is 0 Å². The zero-order valence-electron chi connectivity index (χ0n) is 11.6. The topological polar surface area (TPSA) is 49.6 Å². The summed E-state index contributed by atoms with van der Waals surface area (Å²) < 4.78 is 0. The number of benzene rings is 1. The van der Waals surface area contributed by atoms with E-state index in [1.54, 1.807) is 0 Å². The number of piperazine rings is 1. The van der Waals surface area contributed by atoms with Crippen LogP contribution in [0.4, 0.5) is 0 Å². The van der Waals surface area contributed by atoms with Crippen molar-refractivity contribution < 1.29 is 4.79 Å². The van der Waals surface area contributed by atoms with E-state index in [1.807, 2.05) is 17.0 Å². The summed E-state index contributed by atoms with van der Waals surface area (Å²) in [6, 6.07) is 8.19. The third kappa shape index (κ3) is 4.04. The molecule has 19 heavy (non-hydrogen) atoms. The predicted octanol–water partition coefficient (Wildman–Crippen LogP) is 0.640. The summed E-state index contributed by atoms with van der Waals surface area (Å²) in [5.74, 6) is 0.233. The second-order valence-electron chi connectivity index (χ2n) is 5.17. The van der Waals surface area contributed by atoms with Gasteiger partial charge in [0, 0.05) is 39.3 Å². The maximum atomic E-state index is 12.2. The average molecular weight is 261 g/mol. The number of rotatable bonds is 4. The Hall–Kier alpha value is -1.39. The number of aryl methyl sites for hydroxylation is 1. The third-order valence-electron chi connectivity index (χ3n) is 3.65. The van der Waals surface area contributed by atoms with Gasteiger partial charge in [0.05, 0.1) is 6.42 Å². The van der Waals surface area contributed by atoms with Crippen molar-refractivity contribution in [2.45, 2.75) is 13.3 Å². The van der Waals surface area contributed by atoms with Crippen molar-refractivity contribution >= 4 is 5.91 Å². The summed E-state index contributed by atoms with van der Waals surface area (Å²) in [6.45, 7) is 7.21. The highest BCUT2D eigenvalue weighted by Crippen LogP contribution is 2.08. The van der Waals surface area contributed by atoms with E-state index in [4.69, 9.17) is 5.73 Å². The van der Waals surface area contributed by atoms with Crippen molar-refractivity contribution in [1.29, 1.82) is 0 Å². The lowest BCUT2D eigenvalue weighted by atomic mass is 10.1. The lowest BCUT2D eigenvalue weighted by Crippen LogP contribution is -2.50.